The van der Waals surface area contributed by atoms with Crippen molar-refractivity contribution in [2.24, 2.45) is 0 Å². The number of carbonyl (C=O) groups excluding carboxylic acids is 1. The van der Waals surface area contributed by atoms with Gasteiger partial charge in [0.2, 0.25) is 0 Å². The van der Waals surface area contributed by atoms with Gasteiger partial charge in [-0.25, -0.2) is 0 Å². The van der Waals surface area contributed by atoms with Gasteiger partial charge in [-0.2, -0.15) is 0 Å². The van der Waals surface area contributed by atoms with Gasteiger partial charge < -0.3 is 64.2 Å². The van der Waals surface area contributed by atoms with Crippen LogP contribution in [0.4, 0.5) is 0 Å². The zero-order chi connectivity index (χ0) is 47.3. The molecule has 0 bridgehead atoms. The van der Waals surface area contributed by atoms with E-state index in [1.165, 1.54) is 141 Å². The van der Waals surface area contributed by atoms with E-state index in [0.29, 0.717) is 13.0 Å². The maximum atomic E-state index is 13.0. The summed E-state index contributed by atoms with van der Waals surface area (Å²) in [5, 5.41) is 72.1. The molecule has 2 rings (SSSR count). The van der Waals surface area contributed by atoms with Gasteiger partial charge >= 0.3 is 5.97 Å². The fourth-order valence-corrected chi connectivity index (χ4v) is 8.46. The predicted molar refractivity (Wildman–Crippen MR) is 252 cm³/mol. The molecule has 14 heteroatoms. The molecule has 65 heavy (non-hydrogen) atoms. The quantitative estimate of drug-likeness (QED) is 0.0176. The Hall–Kier alpha value is -1.27. The SMILES string of the molecule is CCCCCCCC/C=C\CCCCCCCCCCCC(=O)OC(COCCCCCCCCCCCCCC)COC1OC(COC2OC(CO)C(O)C(O)C2O)C(O)C(O)C1O. The van der Waals surface area contributed by atoms with E-state index in [1.54, 1.807) is 0 Å². The number of rotatable bonds is 42. The second kappa shape index (κ2) is 39.6. The number of allylic oxidation sites excluding steroid dienone is 2. The fourth-order valence-electron chi connectivity index (χ4n) is 8.46. The van der Waals surface area contributed by atoms with E-state index >= 15 is 0 Å². The smallest absolute Gasteiger partial charge is 0.306 e. The summed E-state index contributed by atoms with van der Waals surface area (Å²) < 4.78 is 34.3. The van der Waals surface area contributed by atoms with Crippen molar-refractivity contribution in [3.8, 4) is 0 Å². The van der Waals surface area contributed by atoms with E-state index in [0.717, 1.165) is 38.5 Å². The lowest BCUT2D eigenvalue weighted by molar-refractivity contribution is -0.332. The molecule has 11 atom stereocenters. The third-order valence-corrected chi connectivity index (χ3v) is 12.8. The summed E-state index contributed by atoms with van der Waals surface area (Å²) in [5.41, 5.74) is 0. The normalized spacial score (nSPS) is 26.5. The first-order valence-electron chi connectivity index (χ1n) is 26.3. The topological polar surface area (TPSA) is 214 Å². The van der Waals surface area contributed by atoms with E-state index in [1.807, 2.05) is 0 Å². The molecule has 14 nitrogen and oxygen atoms in total. The minimum atomic E-state index is -1.70. The van der Waals surface area contributed by atoms with Crippen molar-refractivity contribution in [1.29, 1.82) is 0 Å². The molecule has 0 radical (unpaired) electrons. The molecule has 2 heterocycles. The summed E-state index contributed by atoms with van der Waals surface area (Å²) in [6, 6.07) is 0. The van der Waals surface area contributed by atoms with Crippen molar-refractivity contribution in [2.75, 3.05) is 33.0 Å². The molecule has 11 unspecified atom stereocenters. The highest BCUT2D eigenvalue weighted by atomic mass is 16.7. The van der Waals surface area contributed by atoms with Crippen LogP contribution < -0.4 is 0 Å². The summed E-state index contributed by atoms with van der Waals surface area (Å²) in [6.07, 6.45) is 24.1. The summed E-state index contributed by atoms with van der Waals surface area (Å²) in [6.45, 7) is 3.71. The lowest BCUT2D eigenvalue weighted by Crippen LogP contribution is -2.61. The van der Waals surface area contributed by atoms with Crippen molar-refractivity contribution >= 4 is 5.97 Å². The third kappa shape index (κ3) is 27.5. The number of aliphatic hydroxyl groups excluding tert-OH is 7. The molecule has 0 aliphatic carbocycles. The Labute approximate surface area is 393 Å². The molecule has 0 spiro atoms. The Morgan fingerprint density at radius 1 is 0.492 bits per heavy atom. The van der Waals surface area contributed by atoms with Crippen LogP contribution in [-0.4, -0.2) is 142 Å². The highest BCUT2D eigenvalue weighted by Crippen LogP contribution is 2.26. The second-order valence-corrected chi connectivity index (χ2v) is 18.7. The minimum absolute atomic E-state index is 0.0664. The van der Waals surface area contributed by atoms with Gasteiger partial charge in [0, 0.05) is 13.0 Å². The van der Waals surface area contributed by atoms with Gasteiger partial charge in [-0.15, -0.1) is 0 Å². The Bertz CT molecular complexity index is 1130. The third-order valence-electron chi connectivity index (χ3n) is 12.8. The maximum Gasteiger partial charge on any atom is 0.306 e. The number of esters is 1. The van der Waals surface area contributed by atoms with Crippen LogP contribution in [-0.2, 0) is 33.2 Å². The molecule has 0 aromatic carbocycles. The van der Waals surface area contributed by atoms with Crippen LogP contribution in [0.5, 0.6) is 0 Å². The first-order chi connectivity index (χ1) is 31.6. The van der Waals surface area contributed by atoms with Crippen LogP contribution in [0.3, 0.4) is 0 Å². The molecule has 2 aliphatic rings. The Balaban J connectivity index is 1.74. The van der Waals surface area contributed by atoms with Gasteiger partial charge in [0.1, 0.15) is 54.9 Å². The standard InChI is InChI=1S/C51H96O14/c1-3-5-7-9-11-13-15-17-18-19-20-21-22-23-24-26-28-30-32-34-43(53)63-40(37-60-35-33-31-29-27-25-16-14-12-10-8-6-4-2)38-61-50-49(59)47(57)45(55)42(65-50)39-62-51-48(58)46(56)44(54)41(36-52)64-51/h17-18,40-42,44-52,54-59H,3-16,19-39H2,1-2H3/b18-17-. The van der Waals surface area contributed by atoms with Gasteiger partial charge in [-0.3, -0.25) is 4.79 Å². The first-order valence-corrected chi connectivity index (χ1v) is 26.3. The number of carbonyl (C=O) groups is 1. The van der Waals surface area contributed by atoms with Crippen LogP contribution in [0.1, 0.15) is 206 Å². The number of aliphatic hydroxyl groups is 7. The molecular weight excluding hydrogens is 837 g/mol. The Kier molecular flexibility index (Phi) is 36.4. The molecule has 0 amide bonds. The lowest BCUT2D eigenvalue weighted by Gasteiger charge is -2.42. The summed E-state index contributed by atoms with van der Waals surface area (Å²) >= 11 is 0. The number of ether oxygens (including phenoxy) is 6. The molecular formula is C51H96O14. The van der Waals surface area contributed by atoms with Crippen LogP contribution in [0.25, 0.3) is 0 Å². The van der Waals surface area contributed by atoms with Crippen LogP contribution >= 0.6 is 0 Å². The summed E-state index contributed by atoms with van der Waals surface area (Å²) in [7, 11) is 0. The van der Waals surface area contributed by atoms with Crippen molar-refractivity contribution in [2.45, 2.75) is 274 Å². The molecule has 7 N–H and O–H groups in total. The molecule has 384 valence electrons. The van der Waals surface area contributed by atoms with Crippen LogP contribution in [0.2, 0.25) is 0 Å². The summed E-state index contributed by atoms with van der Waals surface area (Å²) in [5.74, 6) is -0.375. The largest absolute Gasteiger partial charge is 0.457 e. The monoisotopic (exact) mass is 933 g/mol. The van der Waals surface area contributed by atoms with Gasteiger partial charge in [0.15, 0.2) is 12.6 Å². The molecule has 0 aromatic rings. The van der Waals surface area contributed by atoms with Crippen LogP contribution in [0.15, 0.2) is 12.2 Å². The van der Waals surface area contributed by atoms with Crippen molar-refractivity contribution in [3.05, 3.63) is 12.2 Å². The van der Waals surface area contributed by atoms with E-state index in [9.17, 15) is 40.5 Å². The lowest BCUT2D eigenvalue weighted by atomic mass is 9.98. The van der Waals surface area contributed by atoms with Gasteiger partial charge in [-0.05, 0) is 38.5 Å². The molecule has 0 saturated carbocycles. The number of hydrogen-bond acceptors (Lipinski definition) is 14. The molecule has 2 fully saturated rings. The highest BCUT2D eigenvalue weighted by Gasteiger charge is 2.47. The highest BCUT2D eigenvalue weighted by molar-refractivity contribution is 5.69. The number of unbranched alkanes of at least 4 members (excludes halogenated alkanes) is 26. The van der Waals surface area contributed by atoms with Crippen LogP contribution in [0, 0.1) is 0 Å². The van der Waals surface area contributed by atoms with E-state index in [2.05, 4.69) is 26.0 Å². The Morgan fingerprint density at radius 2 is 0.908 bits per heavy atom. The van der Waals surface area contributed by atoms with Gasteiger partial charge in [0.05, 0.1) is 26.4 Å². The zero-order valence-corrected chi connectivity index (χ0v) is 40.7. The zero-order valence-electron chi connectivity index (χ0n) is 40.7. The second-order valence-electron chi connectivity index (χ2n) is 18.7. The van der Waals surface area contributed by atoms with E-state index in [4.69, 9.17) is 28.4 Å². The molecule has 2 aliphatic heterocycles. The average molecular weight is 933 g/mol. The minimum Gasteiger partial charge on any atom is -0.457 e. The van der Waals surface area contributed by atoms with Gasteiger partial charge in [0.25, 0.3) is 0 Å². The number of hydrogen-bond donors (Lipinski definition) is 7. The van der Waals surface area contributed by atoms with Crippen molar-refractivity contribution in [1.82, 2.24) is 0 Å². The average Bonchev–Trinajstić information content (AvgIpc) is 3.30. The van der Waals surface area contributed by atoms with E-state index in [-0.39, 0.29) is 25.6 Å². The van der Waals surface area contributed by atoms with Crippen molar-refractivity contribution < 1.29 is 69.0 Å². The summed E-state index contributed by atoms with van der Waals surface area (Å²) in [4.78, 5) is 13.0. The fraction of sp³-hybridized carbons (Fsp3) is 0.941. The van der Waals surface area contributed by atoms with Gasteiger partial charge in [-0.1, -0.05) is 174 Å². The Morgan fingerprint density at radius 3 is 1.40 bits per heavy atom. The molecule has 0 aromatic heterocycles. The maximum absolute atomic E-state index is 13.0. The van der Waals surface area contributed by atoms with Crippen molar-refractivity contribution in [3.63, 3.8) is 0 Å². The molecule has 2 saturated heterocycles. The predicted octanol–water partition coefficient (Wildman–Crippen LogP) is 7.85. The first kappa shape index (κ1) is 59.9. The van der Waals surface area contributed by atoms with E-state index < -0.39 is 80.7 Å².